The first kappa shape index (κ1) is 35.6. The van der Waals surface area contributed by atoms with Gasteiger partial charge >= 0.3 is 0 Å². The Kier molecular flexibility index (Phi) is 14.8. The van der Waals surface area contributed by atoms with Crippen molar-refractivity contribution in [1.82, 2.24) is 0 Å². The van der Waals surface area contributed by atoms with Gasteiger partial charge in [-0.25, -0.2) is 0 Å². The fourth-order valence-corrected chi connectivity index (χ4v) is 12.3. The second-order valence-electron chi connectivity index (χ2n) is 14.7. The fraction of sp³-hybridized carbons (Fsp3) is 1.00. The monoisotopic (exact) mass is 686 g/mol. The molecule has 6 saturated carbocycles. The van der Waals surface area contributed by atoms with Crippen LogP contribution in [0, 0.1) is 0 Å². The highest BCUT2D eigenvalue weighted by Crippen LogP contribution is 2.43. The zero-order chi connectivity index (χ0) is 30.6. The second kappa shape index (κ2) is 18.7. The molecule has 0 radical (unpaired) electrons. The van der Waals surface area contributed by atoms with Crippen LogP contribution in [0.3, 0.4) is 0 Å². The molecular formula is C36H62O6S3. The van der Waals surface area contributed by atoms with Crippen molar-refractivity contribution in [1.29, 1.82) is 0 Å². The maximum Gasteiger partial charge on any atom is 0.284 e. The highest BCUT2D eigenvalue weighted by molar-refractivity contribution is 9.09. The molecule has 0 atom stereocenters. The maximum atomic E-state index is 6.86. The highest BCUT2D eigenvalue weighted by Gasteiger charge is 2.44. The Bertz CT molecular complexity index is 657. The first-order chi connectivity index (χ1) is 22.2. The summed E-state index contributed by atoms with van der Waals surface area (Å²) in [5.74, 6) is 0.132. The molecule has 6 aliphatic carbocycles. The van der Waals surface area contributed by atoms with Gasteiger partial charge in [-0.15, -0.1) is 0 Å². The van der Waals surface area contributed by atoms with E-state index in [1.807, 2.05) is 31.4 Å². The number of hydrogen-bond acceptors (Lipinski definition) is 9. The van der Waals surface area contributed by atoms with Crippen LogP contribution in [0.15, 0.2) is 0 Å². The molecule has 9 heteroatoms. The molecule has 0 unspecified atom stereocenters. The van der Waals surface area contributed by atoms with E-state index >= 15 is 0 Å². The van der Waals surface area contributed by atoms with E-state index in [0.29, 0.717) is 0 Å². The Hall–Kier alpha value is 0.810. The summed E-state index contributed by atoms with van der Waals surface area (Å²) in [6.45, 7) is 0. The van der Waals surface area contributed by atoms with Crippen LogP contribution in [0.1, 0.15) is 167 Å². The topological polar surface area (TPSA) is 55.4 Å². The smallest absolute Gasteiger partial charge is 0.284 e. The molecule has 0 bridgehead atoms. The second-order valence-corrected chi connectivity index (χ2v) is 19.2. The van der Waals surface area contributed by atoms with Crippen molar-refractivity contribution < 1.29 is 28.4 Å². The van der Waals surface area contributed by atoms with E-state index in [9.17, 15) is 0 Å². The lowest BCUT2D eigenvalue weighted by Gasteiger charge is -2.39. The van der Waals surface area contributed by atoms with Gasteiger partial charge in [0.05, 0.1) is 36.6 Å². The van der Waals surface area contributed by atoms with E-state index in [1.54, 1.807) is 0 Å². The summed E-state index contributed by atoms with van der Waals surface area (Å²) in [5, 5.41) is 0. The fourth-order valence-electron chi connectivity index (χ4n) is 8.52. The molecule has 0 N–H and O–H groups in total. The van der Waals surface area contributed by atoms with Gasteiger partial charge in [0.25, 0.3) is 11.9 Å². The molecule has 0 aliphatic heterocycles. The number of ether oxygens (including phenoxy) is 6. The van der Waals surface area contributed by atoms with E-state index in [1.165, 1.54) is 77.0 Å². The first-order valence-corrected chi connectivity index (χ1v) is 23.0. The Balaban J connectivity index is 1.02. The van der Waals surface area contributed by atoms with Crippen molar-refractivity contribution in [2.24, 2.45) is 0 Å². The van der Waals surface area contributed by atoms with Gasteiger partial charge in [-0.2, -0.15) is 0 Å². The van der Waals surface area contributed by atoms with Crippen LogP contribution in [0.25, 0.3) is 0 Å². The summed E-state index contributed by atoms with van der Waals surface area (Å²) >= 11 is 0. The minimum atomic E-state index is -0.883. The Morgan fingerprint density at radius 3 is 0.733 bits per heavy atom. The SMILES string of the molecule is C1CCC(OC(CCSSSCCC(OC2CCCC2)(OC2CCCC2)OC2CCCC2)(OC2CCCC2)OC2CCCC2)C1. The van der Waals surface area contributed by atoms with Gasteiger partial charge in [-0.3, -0.25) is 0 Å². The molecule has 6 rings (SSSR count). The minimum Gasteiger partial charge on any atom is -0.324 e. The van der Waals surface area contributed by atoms with E-state index in [-0.39, 0.29) is 36.6 Å². The van der Waals surface area contributed by atoms with Crippen molar-refractivity contribution in [2.75, 3.05) is 11.5 Å². The van der Waals surface area contributed by atoms with Crippen molar-refractivity contribution >= 4 is 31.4 Å². The number of hydrogen-bond donors (Lipinski definition) is 0. The third-order valence-corrected chi connectivity index (χ3v) is 15.2. The minimum absolute atomic E-state index is 0.271. The molecule has 0 saturated heterocycles. The van der Waals surface area contributed by atoms with Gasteiger partial charge in [-0.05, 0) is 86.9 Å². The molecule has 0 aromatic rings. The van der Waals surface area contributed by atoms with E-state index in [2.05, 4.69) is 0 Å². The third kappa shape index (κ3) is 11.4. The summed E-state index contributed by atoms with van der Waals surface area (Å²) in [6, 6.07) is 0. The van der Waals surface area contributed by atoms with Gasteiger partial charge in [0.15, 0.2) is 0 Å². The van der Waals surface area contributed by atoms with Gasteiger partial charge < -0.3 is 28.4 Å². The van der Waals surface area contributed by atoms with Crippen LogP contribution < -0.4 is 0 Å². The normalized spacial score (nSPS) is 25.6. The molecule has 260 valence electrons. The molecule has 6 nitrogen and oxygen atoms in total. The summed E-state index contributed by atoms with van der Waals surface area (Å²) in [7, 11) is 5.73. The summed E-state index contributed by atoms with van der Waals surface area (Å²) in [5.41, 5.74) is 0. The maximum absolute atomic E-state index is 6.86. The van der Waals surface area contributed by atoms with Crippen molar-refractivity contribution in [3.63, 3.8) is 0 Å². The van der Waals surface area contributed by atoms with Crippen LogP contribution >= 0.6 is 31.4 Å². The zero-order valence-electron chi connectivity index (χ0n) is 27.9. The molecule has 0 spiro atoms. The Morgan fingerprint density at radius 2 is 0.533 bits per heavy atom. The molecule has 6 fully saturated rings. The molecule has 0 amide bonds. The third-order valence-electron chi connectivity index (χ3n) is 11.0. The van der Waals surface area contributed by atoms with Crippen LogP contribution in [0.5, 0.6) is 0 Å². The predicted molar refractivity (Wildman–Crippen MR) is 187 cm³/mol. The van der Waals surface area contributed by atoms with Crippen LogP contribution in [-0.4, -0.2) is 60.1 Å². The lowest BCUT2D eigenvalue weighted by molar-refractivity contribution is -0.417. The molecular weight excluding hydrogens is 625 g/mol. The van der Waals surface area contributed by atoms with Crippen molar-refractivity contribution in [2.45, 2.75) is 216 Å². The first-order valence-electron chi connectivity index (χ1n) is 19.2. The van der Waals surface area contributed by atoms with Gasteiger partial charge in [0, 0.05) is 24.3 Å². The standard InChI is InChI=1S/C36H62O6S3/c1-2-14-29(13-1)37-35(38-30-15-3-4-16-30,39-31-17-5-6-18-31)25-27-43-45-44-28-26-36(40-32-19-7-8-20-32,41-33-21-9-10-22-33)42-34-23-11-12-24-34/h29-34H,1-28H2. The van der Waals surface area contributed by atoms with Crippen LogP contribution in [-0.2, 0) is 28.4 Å². The summed E-state index contributed by atoms with van der Waals surface area (Å²) in [4.78, 5) is 0. The van der Waals surface area contributed by atoms with Gasteiger partial charge in [0.2, 0.25) is 0 Å². The highest BCUT2D eigenvalue weighted by atomic mass is 33.5. The van der Waals surface area contributed by atoms with Crippen LogP contribution in [0.2, 0.25) is 0 Å². The van der Waals surface area contributed by atoms with Gasteiger partial charge in [0.1, 0.15) is 0 Å². The zero-order valence-corrected chi connectivity index (χ0v) is 30.4. The Labute approximate surface area is 285 Å². The molecule has 0 aromatic carbocycles. The van der Waals surface area contributed by atoms with E-state index < -0.39 is 11.9 Å². The van der Waals surface area contributed by atoms with Crippen LogP contribution in [0.4, 0.5) is 0 Å². The molecule has 45 heavy (non-hydrogen) atoms. The Morgan fingerprint density at radius 1 is 0.333 bits per heavy atom. The number of rotatable bonds is 20. The quantitative estimate of drug-likeness (QED) is 0.0707. The van der Waals surface area contributed by atoms with E-state index in [0.717, 1.165) is 101 Å². The average molecular weight is 687 g/mol. The largest absolute Gasteiger partial charge is 0.324 e. The summed E-state index contributed by atoms with van der Waals surface area (Å²) < 4.78 is 41.2. The summed E-state index contributed by atoms with van der Waals surface area (Å²) in [6.07, 6.45) is 32.0. The molecule has 6 aliphatic rings. The lowest BCUT2D eigenvalue weighted by Crippen LogP contribution is -2.47. The molecule has 0 heterocycles. The van der Waals surface area contributed by atoms with Crippen molar-refractivity contribution in [3.05, 3.63) is 0 Å². The van der Waals surface area contributed by atoms with Gasteiger partial charge in [-0.1, -0.05) is 98.6 Å². The van der Waals surface area contributed by atoms with Crippen molar-refractivity contribution in [3.8, 4) is 0 Å². The molecule has 0 aromatic heterocycles. The van der Waals surface area contributed by atoms with E-state index in [4.69, 9.17) is 28.4 Å². The predicted octanol–water partition coefficient (Wildman–Crippen LogP) is 10.9. The average Bonchev–Trinajstić information content (AvgIpc) is 3.87. The lowest BCUT2D eigenvalue weighted by atomic mass is 10.2.